The van der Waals surface area contributed by atoms with Gasteiger partial charge >= 0.3 is 0 Å². The molecule has 0 aliphatic rings. The normalized spacial score (nSPS) is 9.25. The molecule has 0 unspecified atom stereocenters. The number of pyridine rings is 1. The van der Waals surface area contributed by atoms with E-state index in [4.69, 9.17) is 34.8 Å². The fourth-order valence-electron chi connectivity index (χ4n) is 1.42. The third kappa shape index (κ3) is 7.73. The van der Waals surface area contributed by atoms with Crippen molar-refractivity contribution in [2.75, 3.05) is 0 Å². The number of nitrogens with zero attached hydrogens (tertiary/aromatic N) is 3. The molecule has 0 spiro atoms. The van der Waals surface area contributed by atoms with E-state index in [0.717, 1.165) is 32.1 Å². The second-order valence-electron chi connectivity index (χ2n) is 4.71. The third-order valence-electron chi connectivity index (χ3n) is 2.84. The van der Waals surface area contributed by atoms with E-state index in [1.807, 2.05) is 51.1 Å². The topological polar surface area (TPSA) is 38.7 Å². The molecule has 0 aliphatic carbocycles. The van der Waals surface area contributed by atoms with Crippen LogP contribution in [0.3, 0.4) is 0 Å². The van der Waals surface area contributed by atoms with Crippen molar-refractivity contribution in [1.29, 1.82) is 0 Å². The molecule has 2 heterocycles. The molecule has 1 aromatic carbocycles. The average molecular weight is 383 g/mol. The maximum atomic E-state index is 5.73. The number of aryl methyl sites for hydroxylation is 2. The summed E-state index contributed by atoms with van der Waals surface area (Å²) in [4.78, 5) is 11.7. The Morgan fingerprint density at radius 3 is 1.46 bits per heavy atom. The van der Waals surface area contributed by atoms with Gasteiger partial charge in [0, 0.05) is 28.6 Å². The summed E-state index contributed by atoms with van der Waals surface area (Å²) in [6.45, 7) is 5.63. The van der Waals surface area contributed by atoms with E-state index in [1.54, 1.807) is 24.7 Å². The molecule has 0 radical (unpaired) electrons. The molecule has 24 heavy (non-hydrogen) atoms. The second kappa shape index (κ2) is 11.0. The quantitative estimate of drug-likeness (QED) is 0.469. The Hall–Kier alpha value is -1.68. The summed E-state index contributed by atoms with van der Waals surface area (Å²) in [5, 5.41) is 2.18. The van der Waals surface area contributed by atoms with Crippen LogP contribution in [0.2, 0.25) is 15.1 Å². The maximum Gasteiger partial charge on any atom is 0.125 e. The van der Waals surface area contributed by atoms with Gasteiger partial charge in [0.1, 0.15) is 5.82 Å². The van der Waals surface area contributed by atoms with Crippen LogP contribution in [0.5, 0.6) is 0 Å². The number of aromatic nitrogens is 3. The van der Waals surface area contributed by atoms with Crippen LogP contribution < -0.4 is 0 Å². The monoisotopic (exact) mass is 381 g/mol. The average Bonchev–Trinajstić information content (AvgIpc) is 2.57. The molecule has 6 heteroatoms. The Morgan fingerprint density at radius 1 is 0.625 bits per heavy atom. The third-order valence-corrected chi connectivity index (χ3v) is 4.06. The van der Waals surface area contributed by atoms with Crippen molar-refractivity contribution >= 4 is 34.8 Å². The highest BCUT2D eigenvalue weighted by Crippen LogP contribution is 2.22. The fraction of sp³-hybridized carbons (Fsp3) is 0.167. The standard InChI is InChI=1S/C7H6Cl2.C6H6ClN.C5H6N2/c1-5-6(8)3-2-4-7(5)9;1-5-6(7)3-2-4-8-5;1-5-6-3-2-4-7-5/h2-4H,1H3;2-4H,1H3;2-4H,1H3. The van der Waals surface area contributed by atoms with Crippen LogP contribution in [-0.4, -0.2) is 15.0 Å². The van der Waals surface area contributed by atoms with Crippen LogP contribution in [0.25, 0.3) is 0 Å². The Labute approximate surface area is 157 Å². The Bertz CT molecular complexity index is 708. The van der Waals surface area contributed by atoms with E-state index < -0.39 is 0 Å². The first-order valence-corrected chi connectivity index (χ1v) is 8.26. The van der Waals surface area contributed by atoms with Crippen molar-refractivity contribution in [2.24, 2.45) is 0 Å². The minimum absolute atomic E-state index is 0.725. The molecule has 0 saturated carbocycles. The molecule has 0 saturated heterocycles. The van der Waals surface area contributed by atoms with Crippen molar-refractivity contribution < 1.29 is 0 Å². The number of hydrogen-bond acceptors (Lipinski definition) is 3. The van der Waals surface area contributed by atoms with Crippen LogP contribution in [0.15, 0.2) is 55.0 Å². The summed E-state index contributed by atoms with van der Waals surface area (Å²) in [6.07, 6.45) is 5.17. The van der Waals surface area contributed by atoms with Gasteiger partial charge in [-0.3, -0.25) is 4.98 Å². The molecule has 2 aromatic heterocycles. The Kier molecular flexibility index (Phi) is 9.31. The number of rotatable bonds is 0. The van der Waals surface area contributed by atoms with Gasteiger partial charge in [0.2, 0.25) is 0 Å². The van der Waals surface area contributed by atoms with Crippen molar-refractivity contribution in [2.45, 2.75) is 20.8 Å². The minimum atomic E-state index is 0.725. The van der Waals surface area contributed by atoms with E-state index in [0.29, 0.717) is 0 Å². The number of benzene rings is 1. The molecular formula is C18H18Cl3N3. The first-order chi connectivity index (χ1) is 11.4. The van der Waals surface area contributed by atoms with Crippen LogP contribution in [-0.2, 0) is 0 Å². The van der Waals surface area contributed by atoms with Gasteiger partial charge in [-0.25, -0.2) is 9.97 Å². The molecular weight excluding hydrogens is 365 g/mol. The van der Waals surface area contributed by atoms with Crippen molar-refractivity contribution in [3.63, 3.8) is 0 Å². The van der Waals surface area contributed by atoms with Gasteiger partial charge < -0.3 is 0 Å². The summed E-state index contributed by atoms with van der Waals surface area (Å²) in [5.41, 5.74) is 1.83. The van der Waals surface area contributed by atoms with Crippen molar-refractivity contribution in [1.82, 2.24) is 15.0 Å². The predicted molar refractivity (Wildman–Crippen MR) is 102 cm³/mol. The lowest BCUT2D eigenvalue weighted by molar-refractivity contribution is 1.05. The summed E-state index contributed by atoms with van der Waals surface area (Å²) in [5.74, 6) is 0.822. The first kappa shape index (κ1) is 20.4. The highest BCUT2D eigenvalue weighted by atomic mass is 35.5. The van der Waals surface area contributed by atoms with Gasteiger partial charge in [-0.15, -0.1) is 0 Å². The molecule has 3 nitrogen and oxygen atoms in total. The predicted octanol–water partition coefficient (Wildman–Crippen LogP) is 6.13. The summed E-state index contributed by atoms with van der Waals surface area (Å²) in [6, 6.07) is 10.9. The highest BCUT2D eigenvalue weighted by Gasteiger charge is 1.96. The molecule has 0 amide bonds. The summed E-state index contributed by atoms with van der Waals surface area (Å²) in [7, 11) is 0. The van der Waals surface area contributed by atoms with Crippen LogP contribution in [0.1, 0.15) is 17.1 Å². The first-order valence-electron chi connectivity index (χ1n) is 7.13. The van der Waals surface area contributed by atoms with Gasteiger partial charge in [0.15, 0.2) is 0 Å². The second-order valence-corrected chi connectivity index (χ2v) is 5.93. The van der Waals surface area contributed by atoms with E-state index in [2.05, 4.69) is 15.0 Å². The smallest absolute Gasteiger partial charge is 0.125 e. The number of hydrogen-bond donors (Lipinski definition) is 0. The highest BCUT2D eigenvalue weighted by molar-refractivity contribution is 6.35. The van der Waals surface area contributed by atoms with Crippen molar-refractivity contribution in [3.8, 4) is 0 Å². The SMILES string of the molecule is Cc1c(Cl)cccc1Cl.Cc1ncccc1Cl.Cc1ncccn1. The van der Waals surface area contributed by atoms with Gasteiger partial charge in [0.05, 0.1) is 10.7 Å². The zero-order valence-electron chi connectivity index (χ0n) is 13.7. The molecule has 3 rings (SSSR count). The Morgan fingerprint density at radius 2 is 1.12 bits per heavy atom. The van der Waals surface area contributed by atoms with Crippen molar-refractivity contribution in [3.05, 3.63) is 87.1 Å². The lowest BCUT2D eigenvalue weighted by Crippen LogP contribution is -1.80. The van der Waals surface area contributed by atoms with E-state index in [9.17, 15) is 0 Å². The van der Waals surface area contributed by atoms with E-state index >= 15 is 0 Å². The molecule has 0 atom stereocenters. The zero-order chi connectivity index (χ0) is 17.9. The fourth-order valence-corrected chi connectivity index (χ4v) is 1.94. The Balaban J connectivity index is 0.000000181. The van der Waals surface area contributed by atoms with Gasteiger partial charge in [0.25, 0.3) is 0 Å². The molecule has 126 valence electrons. The molecule has 0 fully saturated rings. The van der Waals surface area contributed by atoms with Crippen LogP contribution in [0, 0.1) is 20.8 Å². The summed E-state index contributed by atoms with van der Waals surface area (Å²) >= 11 is 17.1. The number of halogens is 3. The van der Waals surface area contributed by atoms with Gasteiger partial charge in [-0.1, -0.05) is 40.9 Å². The van der Waals surface area contributed by atoms with Gasteiger partial charge in [-0.05, 0) is 56.7 Å². The molecule has 0 aliphatic heterocycles. The lowest BCUT2D eigenvalue weighted by Gasteiger charge is -1.96. The zero-order valence-corrected chi connectivity index (χ0v) is 15.9. The van der Waals surface area contributed by atoms with Crippen LogP contribution >= 0.6 is 34.8 Å². The molecule has 3 aromatic rings. The van der Waals surface area contributed by atoms with E-state index in [1.165, 1.54) is 0 Å². The van der Waals surface area contributed by atoms with E-state index in [-0.39, 0.29) is 0 Å². The minimum Gasteiger partial charge on any atom is -0.260 e. The van der Waals surface area contributed by atoms with Crippen LogP contribution in [0.4, 0.5) is 0 Å². The largest absolute Gasteiger partial charge is 0.260 e. The summed E-state index contributed by atoms with van der Waals surface area (Å²) < 4.78 is 0. The molecule has 0 N–H and O–H groups in total. The molecule has 0 bridgehead atoms. The van der Waals surface area contributed by atoms with Gasteiger partial charge in [-0.2, -0.15) is 0 Å². The lowest BCUT2D eigenvalue weighted by atomic mass is 10.2. The maximum absolute atomic E-state index is 5.73.